The van der Waals surface area contributed by atoms with Crippen LogP contribution in [0.4, 0.5) is 0 Å². The van der Waals surface area contributed by atoms with E-state index in [1.807, 2.05) is 18.2 Å². The number of methoxy groups -OCH3 is 1. The van der Waals surface area contributed by atoms with E-state index >= 15 is 0 Å². The molecule has 1 aliphatic carbocycles. The first-order chi connectivity index (χ1) is 11.1. The number of nitrogens with zero attached hydrogens (tertiary/aromatic N) is 2. The number of fused-ring (bicyclic) bond motifs is 1. The van der Waals surface area contributed by atoms with Crippen molar-refractivity contribution in [1.29, 1.82) is 5.26 Å². The lowest BCUT2D eigenvalue weighted by molar-refractivity contribution is -0.152. The summed E-state index contributed by atoms with van der Waals surface area (Å²) in [5.41, 5.74) is 0.931. The predicted octanol–water partition coefficient (Wildman–Crippen LogP) is 2.78. The van der Waals surface area contributed by atoms with Gasteiger partial charge in [0, 0.05) is 38.5 Å². The van der Waals surface area contributed by atoms with Gasteiger partial charge in [0.2, 0.25) is 0 Å². The van der Waals surface area contributed by atoms with Crippen LogP contribution in [0.3, 0.4) is 0 Å². The van der Waals surface area contributed by atoms with E-state index in [2.05, 4.69) is 30.0 Å². The van der Waals surface area contributed by atoms with Crippen LogP contribution in [0.1, 0.15) is 31.7 Å². The number of hydrogen-bond acceptors (Lipinski definition) is 4. The summed E-state index contributed by atoms with van der Waals surface area (Å²) in [4.78, 5) is 14.3. The number of carbonyl (C=O) groups is 1. The number of hydrogen-bond donors (Lipinski definition) is 0. The minimum absolute atomic E-state index is 0.169. The van der Waals surface area contributed by atoms with Crippen LogP contribution < -0.4 is 0 Å². The van der Waals surface area contributed by atoms with Gasteiger partial charge in [0.25, 0.3) is 0 Å². The maximum Gasteiger partial charge on any atom is 0.135 e. The van der Waals surface area contributed by atoms with Gasteiger partial charge in [-0.3, -0.25) is 9.69 Å². The van der Waals surface area contributed by atoms with Crippen molar-refractivity contribution in [3.8, 4) is 6.07 Å². The molecule has 0 bridgehead atoms. The predicted molar refractivity (Wildman–Crippen MR) is 87.5 cm³/mol. The minimum Gasteiger partial charge on any atom is -0.380 e. The van der Waals surface area contributed by atoms with Gasteiger partial charge in [-0.25, -0.2) is 0 Å². The lowest BCUT2D eigenvalue weighted by Crippen LogP contribution is -2.62. The van der Waals surface area contributed by atoms with Crippen LogP contribution in [0.5, 0.6) is 0 Å². The van der Waals surface area contributed by atoms with E-state index in [1.165, 1.54) is 5.56 Å². The average Bonchev–Trinajstić information content (AvgIpc) is 2.56. The lowest BCUT2D eigenvalue weighted by Gasteiger charge is -2.55. The van der Waals surface area contributed by atoms with Crippen LogP contribution >= 0.6 is 0 Å². The van der Waals surface area contributed by atoms with Gasteiger partial charge in [-0.05, 0) is 17.9 Å². The standard InChI is InChI=1S/C19H24N2O2/c1-19-15(10-16(22)11-18(19)23-2)8-9-21(17(19)12-20)13-14-6-4-3-5-7-14/h3-7,15,17-18H,8-11,13H2,1-2H3/t15-,17-,18-,19+/m1/s1. The highest BCUT2D eigenvalue weighted by Crippen LogP contribution is 2.50. The second kappa shape index (κ2) is 6.43. The first-order valence-corrected chi connectivity index (χ1v) is 8.31. The number of likely N-dealkylation sites (tertiary alicyclic amines) is 1. The summed E-state index contributed by atoms with van der Waals surface area (Å²) < 4.78 is 5.67. The number of benzene rings is 1. The van der Waals surface area contributed by atoms with Crippen molar-refractivity contribution < 1.29 is 9.53 Å². The van der Waals surface area contributed by atoms with Crippen LogP contribution in [0.15, 0.2) is 30.3 Å². The third-order valence-corrected chi connectivity index (χ3v) is 5.81. The molecule has 1 saturated heterocycles. The molecular weight excluding hydrogens is 288 g/mol. The van der Waals surface area contributed by atoms with E-state index in [0.717, 1.165) is 19.5 Å². The third kappa shape index (κ3) is 2.80. The van der Waals surface area contributed by atoms with Gasteiger partial charge in [-0.2, -0.15) is 5.26 Å². The maximum atomic E-state index is 12.0. The number of rotatable bonds is 3. The number of ether oxygens (including phenoxy) is 1. The molecule has 23 heavy (non-hydrogen) atoms. The Kier molecular flexibility index (Phi) is 4.52. The summed E-state index contributed by atoms with van der Waals surface area (Å²) in [7, 11) is 1.66. The molecule has 0 unspecified atom stereocenters. The molecule has 2 aliphatic rings. The summed E-state index contributed by atoms with van der Waals surface area (Å²) in [6.07, 6.45) is 1.80. The number of Topliss-reactive ketones (excluding diaryl/α,β-unsaturated/α-hetero) is 1. The molecule has 0 radical (unpaired) electrons. The Morgan fingerprint density at radius 1 is 1.35 bits per heavy atom. The fourth-order valence-electron chi connectivity index (χ4n) is 4.47. The molecule has 0 aromatic heterocycles. The van der Waals surface area contributed by atoms with Crippen molar-refractivity contribution in [2.75, 3.05) is 13.7 Å². The summed E-state index contributed by atoms with van der Waals surface area (Å²) in [5, 5.41) is 9.89. The largest absolute Gasteiger partial charge is 0.380 e. The van der Waals surface area contributed by atoms with Crippen LogP contribution in [0, 0.1) is 22.7 Å². The van der Waals surface area contributed by atoms with Gasteiger partial charge in [0.15, 0.2) is 0 Å². The van der Waals surface area contributed by atoms with Gasteiger partial charge in [0.05, 0.1) is 12.2 Å². The second-order valence-electron chi connectivity index (χ2n) is 7.01. The molecule has 1 saturated carbocycles. The van der Waals surface area contributed by atoms with Crippen molar-refractivity contribution in [2.45, 2.75) is 44.9 Å². The van der Waals surface area contributed by atoms with E-state index in [0.29, 0.717) is 12.8 Å². The Balaban J connectivity index is 1.89. The fourth-order valence-corrected chi connectivity index (χ4v) is 4.47. The van der Waals surface area contributed by atoms with Crippen molar-refractivity contribution >= 4 is 5.78 Å². The monoisotopic (exact) mass is 312 g/mol. The molecule has 2 fully saturated rings. The SMILES string of the molecule is CO[C@@H]1CC(=O)C[C@H]2CCN(Cc3ccccc3)[C@H](C#N)[C@]21C. The van der Waals surface area contributed by atoms with Crippen molar-refractivity contribution in [3.63, 3.8) is 0 Å². The molecule has 1 aromatic carbocycles. The molecule has 122 valence electrons. The van der Waals surface area contributed by atoms with Gasteiger partial charge < -0.3 is 4.74 Å². The highest BCUT2D eigenvalue weighted by Gasteiger charge is 2.55. The Bertz CT molecular complexity index is 598. The Morgan fingerprint density at radius 2 is 2.09 bits per heavy atom. The molecule has 4 nitrogen and oxygen atoms in total. The van der Waals surface area contributed by atoms with Crippen LogP contribution in [0.25, 0.3) is 0 Å². The van der Waals surface area contributed by atoms with Crippen molar-refractivity contribution in [3.05, 3.63) is 35.9 Å². The average molecular weight is 312 g/mol. The number of nitriles is 1. The molecular formula is C19H24N2O2. The smallest absolute Gasteiger partial charge is 0.135 e. The molecule has 4 heteroatoms. The zero-order valence-electron chi connectivity index (χ0n) is 13.9. The zero-order chi connectivity index (χ0) is 16.4. The van der Waals surface area contributed by atoms with Crippen LogP contribution in [-0.2, 0) is 16.1 Å². The number of piperidine rings is 1. The quantitative estimate of drug-likeness (QED) is 0.861. The third-order valence-electron chi connectivity index (χ3n) is 5.81. The molecule has 0 amide bonds. The van der Waals surface area contributed by atoms with Gasteiger partial charge in [-0.1, -0.05) is 37.3 Å². The number of ketones is 1. The molecule has 1 aromatic rings. The first kappa shape index (κ1) is 16.2. The van der Waals surface area contributed by atoms with E-state index in [-0.39, 0.29) is 29.3 Å². The normalized spacial score (nSPS) is 34.7. The fraction of sp³-hybridized carbons (Fsp3) is 0.579. The molecule has 1 heterocycles. The highest BCUT2D eigenvalue weighted by molar-refractivity contribution is 5.80. The van der Waals surface area contributed by atoms with Crippen molar-refractivity contribution in [1.82, 2.24) is 4.90 Å². The maximum absolute atomic E-state index is 12.0. The van der Waals surface area contributed by atoms with Gasteiger partial charge in [-0.15, -0.1) is 0 Å². The Morgan fingerprint density at radius 3 is 2.74 bits per heavy atom. The van der Waals surface area contributed by atoms with E-state index in [4.69, 9.17) is 4.74 Å². The Labute approximate surface area is 138 Å². The Hall–Kier alpha value is -1.70. The summed E-state index contributed by atoms with van der Waals surface area (Å²) >= 11 is 0. The zero-order valence-corrected chi connectivity index (χ0v) is 13.9. The summed E-state index contributed by atoms with van der Waals surface area (Å²) in [6.45, 7) is 3.77. The molecule has 1 aliphatic heterocycles. The van der Waals surface area contributed by atoms with E-state index in [1.54, 1.807) is 7.11 Å². The van der Waals surface area contributed by atoms with Crippen LogP contribution in [0.2, 0.25) is 0 Å². The van der Waals surface area contributed by atoms with E-state index in [9.17, 15) is 10.1 Å². The first-order valence-electron chi connectivity index (χ1n) is 8.31. The molecule has 0 spiro atoms. The van der Waals surface area contributed by atoms with Gasteiger partial charge >= 0.3 is 0 Å². The molecule has 0 N–H and O–H groups in total. The summed E-state index contributed by atoms with van der Waals surface area (Å²) in [5.74, 6) is 0.512. The number of carbonyl (C=O) groups excluding carboxylic acids is 1. The molecule has 3 rings (SSSR count). The van der Waals surface area contributed by atoms with Crippen molar-refractivity contribution in [2.24, 2.45) is 11.3 Å². The topological polar surface area (TPSA) is 53.3 Å². The summed E-state index contributed by atoms with van der Waals surface area (Å²) in [6, 6.07) is 12.6. The highest BCUT2D eigenvalue weighted by atomic mass is 16.5. The minimum atomic E-state index is -0.287. The molecule has 4 atom stereocenters. The van der Waals surface area contributed by atoms with Gasteiger partial charge in [0.1, 0.15) is 11.8 Å². The van der Waals surface area contributed by atoms with E-state index < -0.39 is 0 Å². The van der Waals surface area contributed by atoms with Crippen LogP contribution in [-0.4, -0.2) is 36.5 Å². The second-order valence-corrected chi connectivity index (χ2v) is 7.01. The lowest BCUT2D eigenvalue weighted by atomic mass is 9.58.